The highest BCUT2D eigenvalue weighted by Crippen LogP contribution is 2.27. The van der Waals surface area contributed by atoms with Gasteiger partial charge in [0.1, 0.15) is 5.82 Å². The van der Waals surface area contributed by atoms with Gasteiger partial charge in [0.15, 0.2) is 0 Å². The van der Waals surface area contributed by atoms with Crippen molar-refractivity contribution in [3.05, 3.63) is 63.9 Å². The number of benzene rings is 2. The van der Waals surface area contributed by atoms with Gasteiger partial charge in [-0.3, -0.25) is 0 Å². The molecule has 0 radical (unpaired) electrons. The highest BCUT2D eigenvalue weighted by molar-refractivity contribution is 9.10. The van der Waals surface area contributed by atoms with Crippen molar-refractivity contribution in [3.63, 3.8) is 0 Å². The van der Waals surface area contributed by atoms with Crippen LogP contribution in [0.5, 0.6) is 0 Å². The average molecular weight is 367 g/mol. The van der Waals surface area contributed by atoms with Gasteiger partial charge in [0, 0.05) is 17.1 Å². The normalized spacial score (nSPS) is 13.8. The molecule has 2 rings (SSSR count). The van der Waals surface area contributed by atoms with E-state index in [2.05, 4.69) is 40.3 Å². The van der Waals surface area contributed by atoms with Gasteiger partial charge in [-0.25, -0.2) is 4.39 Å². The summed E-state index contributed by atoms with van der Waals surface area (Å²) in [5.74, 6) is -0.527. The summed E-state index contributed by atoms with van der Waals surface area (Å²) >= 11 is 3.19. The predicted octanol–water partition coefficient (Wildman–Crippen LogP) is 3.42. The Morgan fingerprint density at radius 3 is 2.59 bits per heavy atom. The van der Waals surface area contributed by atoms with Crippen LogP contribution in [-0.4, -0.2) is 17.7 Å². The fraction of sp³-hybridized carbons (Fsp3) is 0.294. The molecule has 0 amide bonds. The van der Waals surface area contributed by atoms with Gasteiger partial charge in [0.05, 0.1) is 11.8 Å². The van der Waals surface area contributed by atoms with E-state index in [1.54, 1.807) is 6.07 Å². The van der Waals surface area contributed by atoms with Gasteiger partial charge >= 0.3 is 0 Å². The standard InChI is InChI=1S/C17H20BrFN2O/c1-11(7-12-5-3-2-4-6-12)21-10-16(22)13-8-14(18)17(20)15(19)9-13/h2-6,8-9,11,16,21-22H,7,10,20H2,1H3/t11-,16+/m1/s1. The molecular weight excluding hydrogens is 347 g/mol. The molecule has 0 unspecified atom stereocenters. The van der Waals surface area contributed by atoms with Crippen molar-refractivity contribution in [1.29, 1.82) is 0 Å². The third kappa shape index (κ3) is 4.53. The fourth-order valence-electron chi connectivity index (χ4n) is 2.27. The quantitative estimate of drug-likeness (QED) is 0.686. The van der Waals surface area contributed by atoms with Gasteiger partial charge in [-0.2, -0.15) is 0 Å². The van der Waals surface area contributed by atoms with E-state index in [-0.39, 0.29) is 11.7 Å². The van der Waals surface area contributed by atoms with Crippen LogP contribution in [0.15, 0.2) is 46.9 Å². The number of hydrogen-bond donors (Lipinski definition) is 3. The number of aliphatic hydroxyl groups is 1. The lowest BCUT2D eigenvalue weighted by Crippen LogP contribution is -2.32. The molecule has 2 aromatic rings. The second-order valence-corrected chi connectivity index (χ2v) is 6.27. The molecule has 22 heavy (non-hydrogen) atoms. The first-order chi connectivity index (χ1) is 10.5. The van der Waals surface area contributed by atoms with Crippen LogP contribution in [0.4, 0.5) is 10.1 Å². The van der Waals surface area contributed by atoms with Gasteiger partial charge in [-0.05, 0) is 52.5 Å². The zero-order chi connectivity index (χ0) is 16.1. The Labute approximate surface area is 138 Å². The van der Waals surface area contributed by atoms with Crippen molar-refractivity contribution in [3.8, 4) is 0 Å². The minimum absolute atomic E-state index is 0.0568. The minimum Gasteiger partial charge on any atom is -0.395 e. The first-order valence-corrected chi connectivity index (χ1v) is 7.96. The molecule has 118 valence electrons. The van der Waals surface area contributed by atoms with Gasteiger partial charge in [0.25, 0.3) is 0 Å². The lowest BCUT2D eigenvalue weighted by atomic mass is 10.1. The van der Waals surface area contributed by atoms with E-state index < -0.39 is 11.9 Å². The summed E-state index contributed by atoms with van der Waals surface area (Å²) in [6.45, 7) is 2.41. The van der Waals surface area contributed by atoms with Crippen LogP contribution in [0.2, 0.25) is 0 Å². The highest BCUT2D eigenvalue weighted by Gasteiger charge is 2.14. The first-order valence-electron chi connectivity index (χ1n) is 7.17. The second kappa shape index (κ2) is 7.72. The molecule has 0 aromatic heterocycles. The molecule has 5 heteroatoms. The Bertz CT molecular complexity index is 598. The molecule has 3 nitrogen and oxygen atoms in total. The minimum atomic E-state index is -0.787. The van der Waals surface area contributed by atoms with Crippen LogP contribution in [0.1, 0.15) is 24.2 Å². The monoisotopic (exact) mass is 366 g/mol. The molecular formula is C17H20BrFN2O. The summed E-state index contributed by atoms with van der Waals surface area (Å²) in [5, 5.41) is 13.4. The van der Waals surface area contributed by atoms with E-state index in [9.17, 15) is 9.50 Å². The molecule has 0 aliphatic heterocycles. The van der Waals surface area contributed by atoms with Gasteiger partial charge in [0.2, 0.25) is 0 Å². The van der Waals surface area contributed by atoms with Crippen molar-refractivity contribution < 1.29 is 9.50 Å². The number of nitrogens with one attached hydrogen (secondary N) is 1. The molecule has 0 fully saturated rings. The zero-order valence-electron chi connectivity index (χ0n) is 12.4. The SMILES string of the molecule is C[C@H](Cc1ccccc1)NC[C@H](O)c1cc(F)c(N)c(Br)c1. The second-order valence-electron chi connectivity index (χ2n) is 5.41. The lowest BCUT2D eigenvalue weighted by molar-refractivity contribution is 0.170. The van der Waals surface area contributed by atoms with E-state index >= 15 is 0 Å². The molecule has 0 spiro atoms. The summed E-state index contributed by atoms with van der Waals surface area (Å²) in [4.78, 5) is 0. The van der Waals surface area contributed by atoms with Crippen LogP contribution in [0, 0.1) is 5.82 Å². The van der Waals surface area contributed by atoms with Gasteiger partial charge in [-0.15, -0.1) is 0 Å². The predicted molar refractivity (Wildman–Crippen MR) is 91.1 cm³/mol. The van der Waals surface area contributed by atoms with E-state index in [0.717, 1.165) is 6.42 Å². The largest absolute Gasteiger partial charge is 0.395 e. The van der Waals surface area contributed by atoms with Crippen LogP contribution < -0.4 is 11.1 Å². The van der Waals surface area contributed by atoms with E-state index in [1.807, 2.05) is 18.2 Å². The Morgan fingerprint density at radius 1 is 1.27 bits per heavy atom. The molecule has 2 aromatic carbocycles. The summed E-state index contributed by atoms with van der Waals surface area (Å²) in [5.41, 5.74) is 7.33. The maximum absolute atomic E-state index is 13.6. The number of halogens is 2. The van der Waals surface area contributed by atoms with Gasteiger partial charge in [-0.1, -0.05) is 30.3 Å². The van der Waals surface area contributed by atoms with E-state index in [4.69, 9.17) is 5.73 Å². The topological polar surface area (TPSA) is 58.3 Å². The van der Waals surface area contributed by atoms with Crippen LogP contribution >= 0.6 is 15.9 Å². The van der Waals surface area contributed by atoms with Crippen LogP contribution in [0.25, 0.3) is 0 Å². The third-order valence-corrected chi connectivity index (χ3v) is 4.19. The molecule has 4 N–H and O–H groups in total. The molecule has 0 saturated heterocycles. The highest BCUT2D eigenvalue weighted by atomic mass is 79.9. The fourth-order valence-corrected chi connectivity index (χ4v) is 2.72. The summed E-state index contributed by atoms with van der Waals surface area (Å²) in [6.07, 6.45) is 0.0810. The molecule has 2 atom stereocenters. The number of hydrogen-bond acceptors (Lipinski definition) is 3. The maximum Gasteiger partial charge on any atom is 0.147 e. The molecule has 0 aliphatic rings. The maximum atomic E-state index is 13.6. The zero-order valence-corrected chi connectivity index (χ0v) is 14.0. The van der Waals surface area contributed by atoms with Gasteiger partial charge < -0.3 is 16.2 Å². The van der Waals surface area contributed by atoms with Crippen molar-refractivity contribution in [2.45, 2.75) is 25.5 Å². The van der Waals surface area contributed by atoms with Crippen molar-refractivity contribution >= 4 is 21.6 Å². The molecule has 0 bridgehead atoms. The lowest BCUT2D eigenvalue weighted by Gasteiger charge is -2.18. The summed E-state index contributed by atoms with van der Waals surface area (Å²) in [7, 11) is 0. The average Bonchev–Trinajstić information content (AvgIpc) is 2.50. The summed E-state index contributed by atoms with van der Waals surface area (Å²) in [6, 6.07) is 13.3. The van der Waals surface area contributed by atoms with E-state index in [0.29, 0.717) is 16.6 Å². The Hall–Kier alpha value is -1.43. The number of nitrogens with two attached hydrogens (primary N) is 1. The Kier molecular flexibility index (Phi) is 5.94. The first kappa shape index (κ1) is 16.9. The number of nitrogen functional groups attached to an aromatic ring is 1. The van der Waals surface area contributed by atoms with Crippen LogP contribution in [-0.2, 0) is 6.42 Å². The van der Waals surface area contributed by atoms with Crippen LogP contribution in [0.3, 0.4) is 0 Å². The molecule has 0 saturated carbocycles. The third-order valence-electron chi connectivity index (χ3n) is 3.53. The smallest absolute Gasteiger partial charge is 0.147 e. The van der Waals surface area contributed by atoms with Crippen molar-refractivity contribution in [1.82, 2.24) is 5.32 Å². The number of rotatable bonds is 6. The number of anilines is 1. The molecule has 0 aliphatic carbocycles. The Morgan fingerprint density at radius 2 is 1.95 bits per heavy atom. The summed E-state index contributed by atoms with van der Waals surface area (Å²) < 4.78 is 14.1. The van der Waals surface area contributed by atoms with Crippen molar-refractivity contribution in [2.75, 3.05) is 12.3 Å². The van der Waals surface area contributed by atoms with Crippen molar-refractivity contribution in [2.24, 2.45) is 0 Å². The molecule has 0 heterocycles. The Balaban J connectivity index is 1.91. The van der Waals surface area contributed by atoms with E-state index in [1.165, 1.54) is 11.6 Å². The number of aliphatic hydroxyl groups excluding tert-OH is 1.